The topological polar surface area (TPSA) is 37.3 Å². The molecule has 0 unspecified atom stereocenters. The van der Waals surface area contributed by atoms with E-state index >= 15 is 0 Å². The number of hydrazone groups is 1. The molecule has 0 amide bonds. The van der Waals surface area contributed by atoms with E-state index in [1.165, 1.54) is 10.8 Å². The summed E-state index contributed by atoms with van der Waals surface area (Å²) in [5.41, 5.74) is 4.98. The van der Waals surface area contributed by atoms with Crippen molar-refractivity contribution in [2.75, 3.05) is 5.43 Å². The van der Waals surface area contributed by atoms with Crippen molar-refractivity contribution in [3.05, 3.63) is 57.5 Å². The number of nitrogens with one attached hydrogen (secondary N) is 1. The van der Waals surface area contributed by atoms with Crippen LogP contribution in [-0.2, 0) is 0 Å². The first-order valence-electron chi connectivity index (χ1n) is 6.12. The number of nitrogens with zero attached hydrogens (tertiary/aromatic N) is 2. The molecule has 0 fully saturated rings. The molecule has 5 heteroatoms. The summed E-state index contributed by atoms with van der Waals surface area (Å²) in [5, 5.41) is 9.42. The van der Waals surface area contributed by atoms with E-state index in [2.05, 4.69) is 49.6 Å². The van der Waals surface area contributed by atoms with Gasteiger partial charge in [0.1, 0.15) is 0 Å². The zero-order valence-electron chi connectivity index (χ0n) is 10.8. The first-order chi connectivity index (χ1) is 9.74. The van der Waals surface area contributed by atoms with Crippen molar-refractivity contribution < 1.29 is 0 Å². The van der Waals surface area contributed by atoms with Gasteiger partial charge in [-0.1, -0.05) is 36.4 Å². The second-order valence-electron chi connectivity index (χ2n) is 4.35. The number of aromatic nitrogens is 1. The van der Waals surface area contributed by atoms with Gasteiger partial charge in [-0.15, -0.1) is 11.3 Å². The van der Waals surface area contributed by atoms with Gasteiger partial charge < -0.3 is 0 Å². The number of hydrogen-bond donors (Lipinski definition) is 1. The van der Waals surface area contributed by atoms with Gasteiger partial charge in [0.25, 0.3) is 0 Å². The number of hydrogen-bond acceptors (Lipinski definition) is 4. The summed E-state index contributed by atoms with van der Waals surface area (Å²) in [7, 11) is 0. The third kappa shape index (κ3) is 2.73. The van der Waals surface area contributed by atoms with Crippen molar-refractivity contribution in [1.82, 2.24) is 4.98 Å². The van der Waals surface area contributed by atoms with Gasteiger partial charge in [0, 0.05) is 15.4 Å². The number of benzene rings is 2. The van der Waals surface area contributed by atoms with Gasteiger partial charge in [0.2, 0.25) is 5.13 Å². The van der Waals surface area contributed by atoms with Gasteiger partial charge >= 0.3 is 0 Å². The monoisotopic (exact) mass is 345 g/mol. The fraction of sp³-hybridized carbons (Fsp3) is 0.0667. The summed E-state index contributed by atoms with van der Waals surface area (Å²) in [5.74, 6) is 0. The van der Waals surface area contributed by atoms with E-state index < -0.39 is 0 Å². The summed E-state index contributed by atoms with van der Waals surface area (Å²) in [6.07, 6.45) is 1.80. The minimum absolute atomic E-state index is 0.802. The first kappa shape index (κ1) is 13.3. The smallest absolute Gasteiger partial charge is 0.203 e. The highest BCUT2D eigenvalue weighted by Gasteiger charge is 2.02. The first-order valence-corrected chi connectivity index (χ1v) is 7.80. The van der Waals surface area contributed by atoms with Crippen LogP contribution in [0.15, 0.2) is 51.4 Å². The minimum atomic E-state index is 0.802. The predicted molar refractivity (Wildman–Crippen MR) is 89.7 cm³/mol. The van der Waals surface area contributed by atoms with E-state index in [9.17, 15) is 0 Å². The molecule has 0 aliphatic carbocycles. The zero-order chi connectivity index (χ0) is 13.9. The van der Waals surface area contributed by atoms with Crippen LogP contribution in [0.2, 0.25) is 0 Å². The van der Waals surface area contributed by atoms with Crippen LogP contribution in [0.1, 0.15) is 11.3 Å². The van der Waals surface area contributed by atoms with Gasteiger partial charge in [-0.3, -0.25) is 5.43 Å². The number of thiazole rings is 1. The van der Waals surface area contributed by atoms with Gasteiger partial charge in [-0.05, 0) is 33.6 Å². The summed E-state index contributed by atoms with van der Waals surface area (Å²) < 4.78 is 1.05. The van der Waals surface area contributed by atoms with E-state index in [1.54, 1.807) is 17.6 Å². The molecule has 0 atom stereocenters. The summed E-state index contributed by atoms with van der Waals surface area (Å²) in [6.45, 7) is 1.96. The Balaban J connectivity index is 1.85. The lowest BCUT2D eigenvalue weighted by atomic mass is 10.1. The second kappa shape index (κ2) is 5.73. The Labute approximate surface area is 129 Å². The lowest BCUT2D eigenvalue weighted by molar-refractivity contribution is 1.22. The summed E-state index contributed by atoms with van der Waals surface area (Å²) >= 11 is 5.18. The molecule has 3 nitrogen and oxygen atoms in total. The maximum atomic E-state index is 4.30. The van der Waals surface area contributed by atoms with Crippen LogP contribution in [0.4, 0.5) is 5.13 Å². The number of halogens is 1. The van der Waals surface area contributed by atoms with E-state index in [-0.39, 0.29) is 0 Å². The molecular weight excluding hydrogens is 334 g/mol. The highest BCUT2D eigenvalue weighted by atomic mass is 79.9. The largest absolute Gasteiger partial charge is 0.253 e. The van der Waals surface area contributed by atoms with Gasteiger partial charge in [0.15, 0.2) is 0 Å². The third-order valence-electron chi connectivity index (χ3n) is 2.88. The molecule has 2 aromatic carbocycles. The third-order valence-corrected chi connectivity index (χ3v) is 4.63. The van der Waals surface area contributed by atoms with Crippen molar-refractivity contribution in [3.8, 4) is 0 Å². The van der Waals surface area contributed by atoms with E-state index in [4.69, 9.17) is 0 Å². The van der Waals surface area contributed by atoms with Crippen molar-refractivity contribution >= 4 is 49.4 Å². The summed E-state index contributed by atoms with van der Waals surface area (Å²) in [4.78, 5) is 4.30. The maximum Gasteiger partial charge on any atom is 0.203 e. The Hall–Kier alpha value is -1.72. The maximum absolute atomic E-state index is 4.30. The highest BCUT2D eigenvalue weighted by molar-refractivity contribution is 9.10. The molecule has 0 aliphatic heterocycles. The SMILES string of the molecule is Cc1csc(NN=Cc2ccc3ccccc3c2Br)n1. The Morgan fingerprint density at radius 3 is 2.90 bits per heavy atom. The Bertz CT molecular complexity index is 780. The van der Waals surface area contributed by atoms with Crippen molar-refractivity contribution in [2.24, 2.45) is 5.10 Å². The molecule has 20 heavy (non-hydrogen) atoms. The summed E-state index contributed by atoms with van der Waals surface area (Å²) in [6, 6.07) is 12.4. The van der Waals surface area contributed by atoms with Gasteiger partial charge in [0.05, 0.1) is 11.9 Å². The van der Waals surface area contributed by atoms with Gasteiger partial charge in [-0.2, -0.15) is 5.10 Å². The molecule has 0 saturated heterocycles. The van der Waals surface area contributed by atoms with Crippen LogP contribution in [0, 0.1) is 6.92 Å². The van der Waals surface area contributed by atoms with E-state index in [1.807, 2.05) is 30.5 Å². The molecule has 1 aromatic heterocycles. The lowest BCUT2D eigenvalue weighted by Gasteiger charge is -2.03. The fourth-order valence-electron chi connectivity index (χ4n) is 1.91. The Morgan fingerprint density at radius 1 is 1.25 bits per heavy atom. The molecular formula is C15H12BrN3S. The number of aryl methyl sites for hydroxylation is 1. The highest BCUT2D eigenvalue weighted by Crippen LogP contribution is 2.26. The fourth-order valence-corrected chi connectivity index (χ4v) is 3.15. The van der Waals surface area contributed by atoms with Crippen LogP contribution < -0.4 is 5.43 Å². The van der Waals surface area contributed by atoms with E-state index in [0.29, 0.717) is 0 Å². The van der Waals surface area contributed by atoms with Crippen LogP contribution in [0.3, 0.4) is 0 Å². The van der Waals surface area contributed by atoms with Gasteiger partial charge in [-0.25, -0.2) is 4.98 Å². The van der Waals surface area contributed by atoms with Crippen LogP contribution in [0.25, 0.3) is 10.8 Å². The second-order valence-corrected chi connectivity index (χ2v) is 6.01. The molecule has 0 saturated carbocycles. The molecule has 1 heterocycles. The number of fused-ring (bicyclic) bond motifs is 1. The molecule has 0 bridgehead atoms. The number of anilines is 1. The van der Waals surface area contributed by atoms with Crippen molar-refractivity contribution in [1.29, 1.82) is 0 Å². The quantitative estimate of drug-likeness (QED) is 0.546. The Morgan fingerprint density at radius 2 is 2.10 bits per heavy atom. The minimum Gasteiger partial charge on any atom is -0.253 e. The molecule has 1 N–H and O–H groups in total. The molecule has 3 aromatic rings. The number of rotatable bonds is 3. The molecule has 0 spiro atoms. The van der Waals surface area contributed by atoms with Crippen LogP contribution >= 0.6 is 27.3 Å². The molecule has 100 valence electrons. The Kier molecular flexibility index (Phi) is 3.80. The normalized spacial score (nSPS) is 11.3. The molecule has 0 aliphatic rings. The van der Waals surface area contributed by atoms with Crippen molar-refractivity contribution in [3.63, 3.8) is 0 Å². The standard InChI is InChI=1S/C15H12BrN3S/c1-10-9-20-15(18-10)19-17-8-12-7-6-11-4-2-3-5-13(11)14(12)16/h2-9H,1H3,(H,18,19). The average molecular weight is 346 g/mol. The lowest BCUT2D eigenvalue weighted by Crippen LogP contribution is -1.91. The van der Waals surface area contributed by atoms with Crippen molar-refractivity contribution in [2.45, 2.75) is 6.92 Å². The zero-order valence-corrected chi connectivity index (χ0v) is 13.2. The van der Waals surface area contributed by atoms with E-state index in [0.717, 1.165) is 20.9 Å². The van der Waals surface area contributed by atoms with Crippen LogP contribution in [-0.4, -0.2) is 11.2 Å². The average Bonchev–Trinajstić information content (AvgIpc) is 2.87. The molecule has 3 rings (SSSR count). The molecule has 0 radical (unpaired) electrons. The predicted octanol–water partition coefficient (Wildman–Crippen LogP) is 4.81. The van der Waals surface area contributed by atoms with Crippen LogP contribution in [0.5, 0.6) is 0 Å².